The van der Waals surface area contributed by atoms with Gasteiger partial charge < -0.3 is 9.67 Å². The van der Waals surface area contributed by atoms with Crippen molar-refractivity contribution >= 4 is 5.97 Å². The molecule has 0 aliphatic carbocycles. The van der Waals surface area contributed by atoms with Crippen LogP contribution < -0.4 is 0 Å². The van der Waals surface area contributed by atoms with Crippen LogP contribution in [0.25, 0.3) is 0 Å². The van der Waals surface area contributed by atoms with Crippen LogP contribution in [0.3, 0.4) is 0 Å². The fourth-order valence-electron chi connectivity index (χ4n) is 1.67. The van der Waals surface area contributed by atoms with Crippen LogP contribution in [0.1, 0.15) is 42.7 Å². The zero-order valence-corrected chi connectivity index (χ0v) is 8.79. The third kappa shape index (κ3) is 2.16. The number of aryl methyl sites for hydroxylation is 1. The van der Waals surface area contributed by atoms with Crippen LogP contribution >= 0.6 is 0 Å². The maximum absolute atomic E-state index is 10.9. The van der Waals surface area contributed by atoms with Gasteiger partial charge in [0, 0.05) is 18.4 Å². The van der Waals surface area contributed by atoms with Crippen molar-refractivity contribution in [3.8, 4) is 0 Å². The lowest BCUT2D eigenvalue weighted by molar-refractivity contribution is 0.0695. The van der Waals surface area contributed by atoms with Crippen LogP contribution in [-0.2, 0) is 13.0 Å². The van der Waals surface area contributed by atoms with Crippen molar-refractivity contribution in [2.75, 3.05) is 0 Å². The molecule has 1 heterocycles. The number of hydrogen-bond donors (Lipinski definition) is 1. The molecule has 1 N–H and O–H groups in total. The molecule has 3 nitrogen and oxygen atoms in total. The van der Waals surface area contributed by atoms with Crippen LogP contribution in [0.2, 0.25) is 0 Å². The molecule has 0 saturated heterocycles. The van der Waals surface area contributed by atoms with Gasteiger partial charge in [0.15, 0.2) is 0 Å². The first-order valence-electron chi connectivity index (χ1n) is 5.12. The predicted molar refractivity (Wildman–Crippen MR) is 55.7 cm³/mol. The Kier molecular flexibility index (Phi) is 3.74. The molecule has 0 bridgehead atoms. The number of nitrogens with zero attached hydrogens (tertiary/aromatic N) is 1. The van der Waals surface area contributed by atoms with Crippen molar-refractivity contribution in [1.82, 2.24) is 4.57 Å². The highest BCUT2D eigenvalue weighted by Crippen LogP contribution is 2.14. The van der Waals surface area contributed by atoms with Crippen LogP contribution in [0.5, 0.6) is 0 Å². The van der Waals surface area contributed by atoms with E-state index in [0.29, 0.717) is 5.56 Å². The molecule has 1 aromatic heterocycles. The molecule has 3 heteroatoms. The van der Waals surface area contributed by atoms with Crippen LogP contribution in [0.15, 0.2) is 12.3 Å². The molecule has 0 amide bonds. The normalized spacial score (nSPS) is 10.4. The second kappa shape index (κ2) is 4.84. The Balaban J connectivity index is 3.00. The zero-order chi connectivity index (χ0) is 10.6. The van der Waals surface area contributed by atoms with E-state index < -0.39 is 5.97 Å². The third-order valence-corrected chi connectivity index (χ3v) is 2.26. The van der Waals surface area contributed by atoms with Crippen molar-refractivity contribution in [2.24, 2.45) is 0 Å². The fraction of sp³-hybridized carbons (Fsp3) is 0.545. The molecule has 1 rings (SSSR count). The van der Waals surface area contributed by atoms with Crippen molar-refractivity contribution in [3.05, 3.63) is 23.5 Å². The highest BCUT2D eigenvalue weighted by Gasteiger charge is 2.13. The van der Waals surface area contributed by atoms with E-state index in [0.717, 1.165) is 31.5 Å². The highest BCUT2D eigenvalue weighted by molar-refractivity contribution is 5.89. The fourth-order valence-corrected chi connectivity index (χ4v) is 1.67. The van der Waals surface area contributed by atoms with Gasteiger partial charge in [-0.1, -0.05) is 20.3 Å². The van der Waals surface area contributed by atoms with Gasteiger partial charge in [-0.15, -0.1) is 0 Å². The quantitative estimate of drug-likeness (QED) is 0.784. The molecule has 0 unspecified atom stereocenters. The van der Waals surface area contributed by atoms with E-state index in [1.54, 1.807) is 6.07 Å². The lowest BCUT2D eigenvalue weighted by atomic mass is 10.1. The summed E-state index contributed by atoms with van der Waals surface area (Å²) in [7, 11) is 0. The molecule has 0 aliphatic heterocycles. The Hall–Kier alpha value is -1.25. The Morgan fingerprint density at radius 2 is 2.14 bits per heavy atom. The summed E-state index contributed by atoms with van der Waals surface area (Å²) in [6, 6.07) is 1.70. The molecule has 0 aromatic carbocycles. The molecular weight excluding hydrogens is 178 g/mol. The minimum absolute atomic E-state index is 0.459. The van der Waals surface area contributed by atoms with E-state index in [4.69, 9.17) is 5.11 Å². The van der Waals surface area contributed by atoms with E-state index >= 15 is 0 Å². The summed E-state index contributed by atoms with van der Waals surface area (Å²) in [6.45, 7) is 5.06. The Bertz CT molecular complexity index is 315. The number of carboxylic acids is 1. The van der Waals surface area contributed by atoms with Crippen LogP contribution in [0.4, 0.5) is 0 Å². The summed E-state index contributed by atoms with van der Waals surface area (Å²) in [5.74, 6) is -0.816. The van der Waals surface area contributed by atoms with E-state index in [9.17, 15) is 4.79 Å². The average molecular weight is 195 g/mol. The number of carbonyl (C=O) groups is 1. The first-order chi connectivity index (χ1) is 6.70. The standard InChI is InChI=1S/C11H17NO2/c1-3-5-10-9(11(13)14)6-8-12(10)7-4-2/h6,8H,3-5,7H2,1-2H3,(H,13,14). The topological polar surface area (TPSA) is 42.2 Å². The van der Waals surface area contributed by atoms with Gasteiger partial charge in [0.1, 0.15) is 0 Å². The summed E-state index contributed by atoms with van der Waals surface area (Å²) in [6.07, 6.45) is 4.73. The molecule has 0 fully saturated rings. The highest BCUT2D eigenvalue weighted by atomic mass is 16.4. The van der Waals surface area contributed by atoms with Gasteiger partial charge in [0.05, 0.1) is 5.56 Å². The lowest BCUT2D eigenvalue weighted by Gasteiger charge is -2.07. The van der Waals surface area contributed by atoms with E-state index in [1.807, 2.05) is 10.8 Å². The van der Waals surface area contributed by atoms with E-state index in [2.05, 4.69) is 13.8 Å². The van der Waals surface area contributed by atoms with Gasteiger partial charge in [0.2, 0.25) is 0 Å². The summed E-state index contributed by atoms with van der Waals surface area (Å²) < 4.78 is 2.05. The minimum atomic E-state index is -0.816. The minimum Gasteiger partial charge on any atom is -0.478 e. The molecule has 0 spiro atoms. The van der Waals surface area contributed by atoms with Crippen molar-refractivity contribution in [1.29, 1.82) is 0 Å². The van der Waals surface area contributed by atoms with Gasteiger partial charge in [0.25, 0.3) is 0 Å². The van der Waals surface area contributed by atoms with Crippen LogP contribution in [-0.4, -0.2) is 15.6 Å². The van der Waals surface area contributed by atoms with Gasteiger partial charge in [-0.3, -0.25) is 0 Å². The number of rotatable bonds is 5. The molecule has 0 radical (unpaired) electrons. The Morgan fingerprint density at radius 1 is 1.43 bits per heavy atom. The summed E-state index contributed by atoms with van der Waals surface area (Å²) >= 11 is 0. The maximum Gasteiger partial charge on any atom is 0.337 e. The first kappa shape index (κ1) is 10.8. The second-order valence-corrected chi connectivity index (χ2v) is 3.42. The summed E-state index contributed by atoms with van der Waals surface area (Å²) in [4.78, 5) is 10.9. The maximum atomic E-state index is 10.9. The predicted octanol–water partition coefficient (Wildman–Crippen LogP) is 2.55. The van der Waals surface area contributed by atoms with Gasteiger partial charge >= 0.3 is 5.97 Å². The lowest BCUT2D eigenvalue weighted by Crippen LogP contribution is -2.06. The molecule has 1 aromatic rings. The molecule has 0 saturated carbocycles. The van der Waals surface area contributed by atoms with Gasteiger partial charge in [-0.2, -0.15) is 0 Å². The number of aromatic carboxylic acids is 1. The van der Waals surface area contributed by atoms with Gasteiger partial charge in [-0.25, -0.2) is 4.79 Å². The second-order valence-electron chi connectivity index (χ2n) is 3.42. The van der Waals surface area contributed by atoms with E-state index in [1.165, 1.54) is 0 Å². The molecule has 0 atom stereocenters. The van der Waals surface area contributed by atoms with Crippen molar-refractivity contribution < 1.29 is 9.90 Å². The number of hydrogen-bond acceptors (Lipinski definition) is 1. The molecule has 78 valence electrons. The van der Waals surface area contributed by atoms with Gasteiger partial charge in [-0.05, 0) is 18.9 Å². The summed E-state index contributed by atoms with van der Waals surface area (Å²) in [5.41, 5.74) is 1.42. The monoisotopic (exact) mass is 195 g/mol. The SMILES string of the molecule is CCCc1c(C(=O)O)ccn1CCC. The third-order valence-electron chi connectivity index (χ3n) is 2.26. The van der Waals surface area contributed by atoms with Crippen molar-refractivity contribution in [2.45, 2.75) is 39.7 Å². The number of aromatic nitrogens is 1. The molecular formula is C11H17NO2. The zero-order valence-electron chi connectivity index (χ0n) is 8.79. The smallest absolute Gasteiger partial charge is 0.337 e. The summed E-state index contributed by atoms with van der Waals surface area (Å²) in [5, 5.41) is 8.96. The van der Waals surface area contributed by atoms with Crippen LogP contribution in [0, 0.1) is 0 Å². The Morgan fingerprint density at radius 3 is 2.64 bits per heavy atom. The average Bonchev–Trinajstić information content (AvgIpc) is 2.50. The number of carboxylic acid groups (broad SMARTS) is 1. The largest absolute Gasteiger partial charge is 0.478 e. The molecule has 0 aliphatic rings. The first-order valence-corrected chi connectivity index (χ1v) is 5.12. The van der Waals surface area contributed by atoms with E-state index in [-0.39, 0.29) is 0 Å². The molecule has 14 heavy (non-hydrogen) atoms. The van der Waals surface area contributed by atoms with Crippen molar-refractivity contribution in [3.63, 3.8) is 0 Å². The Labute approximate surface area is 84.4 Å².